The lowest BCUT2D eigenvalue weighted by molar-refractivity contribution is 0.890. The molecule has 2 heterocycles. The quantitative estimate of drug-likeness (QED) is 0.762. The SMILES string of the molecule is Cc1nc(C)c(C(C)Nc2ccc3cn[nH]c3c2)s1. The summed E-state index contributed by atoms with van der Waals surface area (Å²) in [5.74, 6) is 0. The summed E-state index contributed by atoms with van der Waals surface area (Å²) in [6.45, 7) is 6.27. The third-order valence-electron chi connectivity index (χ3n) is 3.16. The Morgan fingerprint density at radius 2 is 2.16 bits per heavy atom. The van der Waals surface area contributed by atoms with E-state index in [9.17, 15) is 0 Å². The second kappa shape index (κ2) is 4.66. The first-order valence-electron chi connectivity index (χ1n) is 6.27. The summed E-state index contributed by atoms with van der Waals surface area (Å²) in [6, 6.07) is 6.49. The zero-order chi connectivity index (χ0) is 13.4. The van der Waals surface area contributed by atoms with Crippen LogP contribution in [0.4, 0.5) is 5.69 Å². The molecule has 3 rings (SSSR count). The van der Waals surface area contributed by atoms with Gasteiger partial charge < -0.3 is 5.32 Å². The van der Waals surface area contributed by atoms with Crippen molar-refractivity contribution in [2.45, 2.75) is 26.8 Å². The first kappa shape index (κ1) is 12.2. The van der Waals surface area contributed by atoms with Crippen molar-refractivity contribution in [2.75, 3.05) is 5.32 Å². The zero-order valence-electron chi connectivity index (χ0n) is 11.2. The van der Waals surface area contributed by atoms with Crippen LogP contribution in [0.5, 0.6) is 0 Å². The molecule has 1 atom stereocenters. The normalized spacial score (nSPS) is 12.8. The Labute approximate surface area is 115 Å². The number of aromatic amines is 1. The van der Waals surface area contributed by atoms with Gasteiger partial charge in [0.2, 0.25) is 0 Å². The monoisotopic (exact) mass is 272 g/mol. The molecule has 4 nitrogen and oxygen atoms in total. The van der Waals surface area contributed by atoms with Crippen molar-refractivity contribution >= 4 is 27.9 Å². The molecule has 0 aliphatic heterocycles. The molecule has 0 saturated carbocycles. The molecule has 0 spiro atoms. The number of anilines is 1. The molecule has 0 aliphatic carbocycles. The van der Waals surface area contributed by atoms with Gasteiger partial charge in [-0.1, -0.05) is 0 Å². The summed E-state index contributed by atoms with van der Waals surface area (Å²) in [7, 11) is 0. The van der Waals surface area contributed by atoms with Gasteiger partial charge in [-0.3, -0.25) is 5.10 Å². The molecule has 98 valence electrons. The van der Waals surface area contributed by atoms with Crippen LogP contribution in [0.1, 0.15) is 28.5 Å². The molecule has 2 aromatic heterocycles. The van der Waals surface area contributed by atoms with E-state index in [1.54, 1.807) is 11.3 Å². The second-order valence-electron chi connectivity index (χ2n) is 4.72. The number of H-pyrrole nitrogens is 1. The van der Waals surface area contributed by atoms with Crippen LogP contribution in [0.2, 0.25) is 0 Å². The first-order valence-corrected chi connectivity index (χ1v) is 7.09. The van der Waals surface area contributed by atoms with E-state index in [0.29, 0.717) is 0 Å². The van der Waals surface area contributed by atoms with Crippen molar-refractivity contribution < 1.29 is 0 Å². The third kappa shape index (κ3) is 2.33. The molecule has 5 heteroatoms. The van der Waals surface area contributed by atoms with Crippen molar-refractivity contribution in [2.24, 2.45) is 0 Å². The maximum Gasteiger partial charge on any atom is 0.0900 e. The molecule has 0 radical (unpaired) electrons. The van der Waals surface area contributed by atoms with Gasteiger partial charge in [-0.2, -0.15) is 5.10 Å². The Morgan fingerprint density at radius 3 is 2.89 bits per heavy atom. The maximum absolute atomic E-state index is 4.48. The molecule has 0 aliphatic rings. The van der Waals surface area contributed by atoms with E-state index < -0.39 is 0 Å². The number of rotatable bonds is 3. The molecule has 3 aromatic rings. The Morgan fingerprint density at radius 1 is 1.32 bits per heavy atom. The highest BCUT2D eigenvalue weighted by Crippen LogP contribution is 2.28. The van der Waals surface area contributed by atoms with Gasteiger partial charge in [-0.05, 0) is 39.0 Å². The van der Waals surface area contributed by atoms with Crippen molar-refractivity contribution in [3.8, 4) is 0 Å². The van der Waals surface area contributed by atoms with Crippen LogP contribution in [0.3, 0.4) is 0 Å². The lowest BCUT2D eigenvalue weighted by Gasteiger charge is -2.14. The largest absolute Gasteiger partial charge is 0.378 e. The molecule has 1 unspecified atom stereocenters. The summed E-state index contributed by atoms with van der Waals surface area (Å²) in [5, 5.41) is 12.8. The van der Waals surface area contributed by atoms with E-state index in [4.69, 9.17) is 0 Å². The number of nitrogens with one attached hydrogen (secondary N) is 2. The summed E-state index contributed by atoms with van der Waals surface area (Å²) in [4.78, 5) is 5.77. The number of hydrogen-bond acceptors (Lipinski definition) is 4. The van der Waals surface area contributed by atoms with Gasteiger partial charge in [0.05, 0.1) is 28.5 Å². The Hall–Kier alpha value is -1.88. The van der Waals surface area contributed by atoms with Crippen LogP contribution in [0.15, 0.2) is 24.4 Å². The average Bonchev–Trinajstić information content (AvgIpc) is 2.94. The summed E-state index contributed by atoms with van der Waals surface area (Å²) < 4.78 is 0. The maximum atomic E-state index is 4.48. The molecular weight excluding hydrogens is 256 g/mol. The molecule has 0 bridgehead atoms. The summed E-state index contributed by atoms with van der Waals surface area (Å²) in [6.07, 6.45) is 1.83. The number of nitrogens with zero attached hydrogens (tertiary/aromatic N) is 2. The number of fused-ring (bicyclic) bond motifs is 1. The Balaban J connectivity index is 1.85. The minimum absolute atomic E-state index is 0.256. The van der Waals surface area contributed by atoms with Gasteiger partial charge in [0.1, 0.15) is 0 Å². The van der Waals surface area contributed by atoms with E-state index in [1.807, 2.05) is 13.1 Å². The number of hydrogen-bond donors (Lipinski definition) is 2. The van der Waals surface area contributed by atoms with Crippen molar-refractivity contribution in [3.05, 3.63) is 40.0 Å². The minimum Gasteiger partial charge on any atom is -0.378 e. The van der Waals surface area contributed by atoms with Crippen LogP contribution in [-0.4, -0.2) is 15.2 Å². The fourth-order valence-electron chi connectivity index (χ4n) is 2.29. The smallest absolute Gasteiger partial charge is 0.0900 e. The van der Waals surface area contributed by atoms with E-state index >= 15 is 0 Å². The van der Waals surface area contributed by atoms with Crippen LogP contribution < -0.4 is 5.32 Å². The van der Waals surface area contributed by atoms with Crippen molar-refractivity contribution in [1.82, 2.24) is 15.2 Å². The third-order valence-corrected chi connectivity index (χ3v) is 4.41. The molecule has 0 amide bonds. The highest BCUT2D eigenvalue weighted by Gasteiger charge is 2.12. The van der Waals surface area contributed by atoms with Crippen LogP contribution in [-0.2, 0) is 0 Å². The zero-order valence-corrected chi connectivity index (χ0v) is 12.0. The van der Waals surface area contributed by atoms with Gasteiger partial charge in [0, 0.05) is 16.0 Å². The highest BCUT2D eigenvalue weighted by atomic mass is 32.1. The molecular formula is C14H16N4S. The number of aryl methyl sites for hydroxylation is 2. The molecule has 0 fully saturated rings. The molecule has 19 heavy (non-hydrogen) atoms. The van der Waals surface area contributed by atoms with Crippen LogP contribution in [0, 0.1) is 13.8 Å². The van der Waals surface area contributed by atoms with Crippen molar-refractivity contribution in [1.29, 1.82) is 0 Å². The van der Waals surface area contributed by atoms with Gasteiger partial charge in [-0.15, -0.1) is 11.3 Å². The summed E-state index contributed by atoms with van der Waals surface area (Å²) >= 11 is 1.75. The van der Waals surface area contributed by atoms with Crippen molar-refractivity contribution in [3.63, 3.8) is 0 Å². The van der Waals surface area contributed by atoms with Gasteiger partial charge in [0.25, 0.3) is 0 Å². The number of aromatic nitrogens is 3. The average molecular weight is 272 g/mol. The Kier molecular flexibility index (Phi) is 2.98. The van der Waals surface area contributed by atoms with Crippen LogP contribution >= 0.6 is 11.3 Å². The van der Waals surface area contributed by atoms with E-state index in [1.165, 1.54) is 4.88 Å². The van der Waals surface area contributed by atoms with Gasteiger partial charge in [-0.25, -0.2) is 4.98 Å². The first-order chi connectivity index (χ1) is 9.13. The fourth-order valence-corrected chi connectivity index (χ4v) is 3.22. The van der Waals surface area contributed by atoms with Gasteiger partial charge >= 0.3 is 0 Å². The number of thiazole rings is 1. The fraction of sp³-hybridized carbons (Fsp3) is 0.286. The predicted molar refractivity (Wildman–Crippen MR) is 79.7 cm³/mol. The van der Waals surface area contributed by atoms with E-state index in [-0.39, 0.29) is 6.04 Å². The van der Waals surface area contributed by atoms with E-state index in [0.717, 1.165) is 27.3 Å². The van der Waals surface area contributed by atoms with Crippen LogP contribution in [0.25, 0.3) is 10.9 Å². The number of benzene rings is 1. The molecule has 0 saturated heterocycles. The highest BCUT2D eigenvalue weighted by molar-refractivity contribution is 7.11. The summed E-state index contributed by atoms with van der Waals surface area (Å²) in [5.41, 5.74) is 3.26. The van der Waals surface area contributed by atoms with E-state index in [2.05, 4.69) is 52.5 Å². The van der Waals surface area contributed by atoms with Gasteiger partial charge in [0.15, 0.2) is 0 Å². The second-order valence-corrected chi connectivity index (χ2v) is 5.96. The lowest BCUT2D eigenvalue weighted by Crippen LogP contribution is -2.06. The predicted octanol–water partition coefficient (Wildman–Crippen LogP) is 3.81. The lowest BCUT2D eigenvalue weighted by atomic mass is 10.2. The minimum atomic E-state index is 0.256. The topological polar surface area (TPSA) is 53.6 Å². The molecule has 1 aromatic carbocycles. The Bertz CT molecular complexity index is 713. The standard InChI is InChI=1S/C14H16N4S/c1-8-14(19-10(3)16-8)9(2)17-12-5-4-11-7-15-18-13(11)6-12/h4-7,9,17H,1-3H3,(H,15,18). The molecule has 2 N–H and O–H groups in total.